The van der Waals surface area contributed by atoms with Crippen LogP contribution in [0.15, 0.2) is 30.5 Å². The molecule has 2 atom stereocenters. The molecule has 0 fully saturated rings. The average molecular weight is 464 g/mol. The van der Waals surface area contributed by atoms with Crippen molar-refractivity contribution in [2.24, 2.45) is 0 Å². The van der Waals surface area contributed by atoms with Crippen LogP contribution in [-0.2, 0) is 16.0 Å². The van der Waals surface area contributed by atoms with Crippen LogP contribution in [0.2, 0.25) is 5.02 Å². The molecule has 32 heavy (non-hydrogen) atoms. The minimum Gasteiger partial charge on any atom is -0.394 e. The van der Waals surface area contributed by atoms with E-state index >= 15 is 0 Å². The number of hydrogen-bond donors (Lipinski definition) is 2. The Kier molecular flexibility index (Phi) is 7.89. The highest BCUT2D eigenvalue weighted by atomic mass is 35.5. The number of aromatic nitrogens is 2. The van der Waals surface area contributed by atoms with Gasteiger partial charge in [-0.3, -0.25) is 4.90 Å². The zero-order valence-electron chi connectivity index (χ0n) is 18.8. The number of nitrogens with zero attached hydrogens (tertiary/aromatic N) is 4. The number of carbonyl (C=O) groups excluding carboxylic acids is 1. The van der Waals surface area contributed by atoms with Gasteiger partial charge in [-0.2, -0.15) is 4.98 Å². The average Bonchev–Trinajstić information content (AvgIpc) is 2.78. The van der Waals surface area contributed by atoms with E-state index in [1.165, 1.54) is 4.90 Å². The lowest BCUT2D eigenvalue weighted by Crippen LogP contribution is -2.61. The summed E-state index contributed by atoms with van der Waals surface area (Å²) in [5.41, 5.74) is 0.195. The Morgan fingerprint density at radius 1 is 1.31 bits per heavy atom. The lowest BCUT2D eigenvalue weighted by Gasteiger charge is -2.45. The first-order valence-corrected chi connectivity index (χ1v) is 11.0. The number of hydrogen-bond acceptors (Lipinski definition) is 7. The first kappa shape index (κ1) is 24.2. The minimum atomic E-state index is -1.12. The van der Waals surface area contributed by atoms with Crippen molar-refractivity contribution in [3.63, 3.8) is 0 Å². The van der Waals surface area contributed by atoms with Gasteiger partial charge >= 0.3 is 6.03 Å². The van der Waals surface area contributed by atoms with Gasteiger partial charge in [-0.25, -0.2) is 14.7 Å². The zero-order valence-corrected chi connectivity index (χ0v) is 19.6. The van der Waals surface area contributed by atoms with E-state index in [0.717, 1.165) is 5.56 Å². The van der Waals surface area contributed by atoms with Crippen molar-refractivity contribution >= 4 is 35.1 Å². The second-order valence-electron chi connectivity index (χ2n) is 7.67. The third-order valence-corrected chi connectivity index (χ3v) is 5.42. The van der Waals surface area contributed by atoms with Gasteiger partial charge in [-0.1, -0.05) is 23.7 Å². The Balaban J connectivity index is 2.13. The largest absolute Gasteiger partial charge is 0.394 e. The molecule has 174 valence electrons. The Morgan fingerprint density at radius 2 is 2.06 bits per heavy atom. The Bertz CT molecular complexity index is 946. The molecule has 1 aromatic heterocycles. The summed E-state index contributed by atoms with van der Waals surface area (Å²) in [5.74, 6) is 0.737. The number of carbonyl (C=O) groups is 1. The van der Waals surface area contributed by atoms with Gasteiger partial charge in [0, 0.05) is 31.0 Å². The molecule has 0 radical (unpaired) electrons. The maximum atomic E-state index is 13.9. The molecule has 0 spiro atoms. The number of halogens is 1. The van der Waals surface area contributed by atoms with E-state index in [9.17, 15) is 9.90 Å². The molecule has 10 heteroatoms. The Hall–Kier alpha value is -2.46. The fourth-order valence-electron chi connectivity index (χ4n) is 3.55. The van der Waals surface area contributed by atoms with E-state index in [4.69, 9.17) is 21.1 Å². The predicted molar refractivity (Wildman–Crippen MR) is 124 cm³/mol. The summed E-state index contributed by atoms with van der Waals surface area (Å²) in [5, 5.41) is 12.9. The highest BCUT2D eigenvalue weighted by Crippen LogP contribution is 2.38. The summed E-state index contributed by atoms with van der Waals surface area (Å²) in [6.45, 7) is 8.52. The van der Waals surface area contributed by atoms with Crippen molar-refractivity contribution < 1.29 is 19.4 Å². The van der Waals surface area contributed by atoms with Crippen LogP contribution in [0.1, 0.15) is 33.3 Å². The Morgan fingerprint density at radius 3 is 2.72 bits per heavy atom. The van der Waals surface area contributed by atoms with Crippen molar-refractivity contribution in [1.82, 2.24) is 9.97 Å². The predicted octanol–water partition coefficient (Wildman–Crippen LogP) is 3.66. The van der Waals surface area contributed by atoms with Gasteiger partial charge in [0.1, 0.15) is 5.82 Å². The van der Waals surface area contributed by atoms with Crippen molar-refractivity contribution in [1.29, 1.82) is 0 Å². The standard InChI is InChI=1S/C22H30ClN5O4/c1-5-31-14-22(4,32-6-2)28-19-16(11-24-20(26-19)25-15(3)13-29)12-27(21(28)30)18-10-8-7-9-17(18)23/h7-11,15,29H,5-6,12-14H2,1-4H3,(H,24,25,26). The lowest BCUT2D eigenvalue weighted by molar-refractivity contribution is -0.0767. The number of aliphatic hydroxyl groups excluding tert-OH is 1. The van der Waals surface area contributed by atoms with E-state index in [2.05, 4.69) is 15.3 Å². The van der Waals surface area contributed by atoms with Crippen LogP contribution in [0.5, 0.6) is 0 Å². The van der Waals surface area contributed by atoms with Crippen LogP contribution >= 0.6 is 11.6 Å². The molecule has 0 bridgehead atoms. The van der Waals surface area contributed by atoms with Gasteiger partial charge in [0.25, 0.3) is 0 Å². The number of fused-ring (bicyclic) bond motifs is 1. The van der Waals surface area contributed by atoms with Crippen LogP contribution in [0, 0.1) is 0 Å². The number of anilines is 3. The number of benzene rings is 1. The second kappa shape index (κ2) is 10.4. The molecule has 0 saturated heterocycles. The third-order valence-electron chi connectivity index (χ3n) is 5.10. The summed E-state index contributed by atoms with van der Waals surface area (Å²) < 4.78 is 11.7. The number of amides is 2. The molecule has 2 amide bonds. The smallest absolute Gasteiger partial charge is 0.332 e. The van der Waals surface area contributed by atoms with Gasteiger partial charge in [0.05, 0.1) is 30.5 Å². The van der Waals surface area contributed by atoms with Crippen molar-refractivity contribution in [2.75, 3.05) is 41.5 Å². The summed E-state index contributed by atoms with van der Waals surface area (Å²) in [7, 11) is 0. The molecule has 1 aliphatic rings. The minimum absolute atomic E-state index is 0.0790. The van der Waals surface area contributed by atoms with Crippen LogP contribution in [0.3, 0.4) is 0 Å². The highest BCUT2D eigenvalue weighted by molar-refractivity contribution is 6.34. The Labute approximate surface area is 193 Å². The zero-order chi connectivity index (χ0) is 23.3. The van der Waals surface area contributed by atoms with Gasteiger partial charge in [0.15, 0.2) is 5.72 Å². The normalized spacial score (nSPS) is 16.5. The maximum Gasteiger partial charge on any atom is 0.332 e. The molecule has 2 heterocycles. The molecule has 0 aliphatic carbocycles. The maximum absolute atomic E-state index is 13.9. The number of aliphatic hydroxyl groups is 1. The van der Waals surface area contributed by atoms with Crippen LogP contribution in [0.25, 0.3) is 0 Å². The van der Waals surface area contributed by atoms with E-state index < -0.39 is 5.72 Å². The van der Waals surface area contributed by atoms with Crippen LogP contribution in [-0.4, -0.2) is 59.3 Å². The number of nitrogens with one attached hydrogen (secondary N) is 1. The molecule has 1 aromatic carbocycles. The molecule has 9 nitrogen and oxygen atoms in total. The quantitative estimate of drug-likeness (QED) is 0.554. The monoisotopic (exact) mass is 463 g/mol. The summed E-state index contributed by atoms with van der Waals surface area (Å²) in [6.07, 6.45) is 1.67. The van der Waals surface area contributed by atoms with E-state index in [1.54, 1.807) is 30.2 Å². The van der Waals surface area contributed by atoms with E-state index in [0.29, 0.717) is 35.7 Å². The van der Waals surface area contributed by atoms with Crippen LogP contribution < -0.4 is 15.1 Å². The number of para-hydroxylation sites is 1. The van der Waals surface area contributed by atoms with Gasteiger partial charge in [-0.15, -0.1) is 0 Å². The van der Waals surface area contributed by atoms with Gasteiger partial charge < -0.3 is 19.9 Å². The molecule has 2 unspecified atom stereocenters. The fraction of sp³-hybridized carbons (Fsp3) is 0.500. The molecule has 3 rings (SSSR count). The third kappa shape index (κ3) is 4.96. The van der Waals surface area contributed by atoms with Crippen molar-refractivity contribution in [2.45, 2.75) is 46.0 Å². The lowest BCUT2D eigenvalue weighted by atomic mass is 10.1. The second-order valence-corrected chi connectivity index (χ2v) is 8.08. The summed E-state index contributed by atoms with van der Waals surface area (Å²) in [6, 6.07) is 6.60. The molecule has 1 aliphatic heterocycles. The number of ether oxygens (including phenoxy) is 2. The summed E-state index contributed by atoms with van der Waals surface area (Å²) in [4.78, 5) is 25.9. The van der Waals surface area contributed by atoms with Crippen molar-refractivity contribution in [3.05, 3.63) is 41.0 Å². The first-order valence-electron chi connectivity index (χ1n) is 10.7. The molecular formula is C22H30ClN5O4. The number of rotatable bonds is 10. The topological polar surface area (TPSA) is 100 Å². The molecular weight excluding hydrogens is 434 g/mol. The van der Waals surface area contributed by atoms with Gasteiger partial charge in [0.2, 0.25) is 5.95 Å². The molecule has 2 N–H and O–H groups in total. The summed E-state index contributed by atoms with van der Waals surface area (Å²) >= 11 is 6.42. The first-order chi connectivity index (χ1) is 15.3. The van der Waals surface area contributed by atoms with E-state index in [-0.39, 0.29) is 31.8 Å². The number of urea groups is 1. The van der Waals surface area contributed by atoms with Gasteiger partial charge in [-0.05, 0) is 39.8 Å². The fourth-order valence-corrected chi connectivity index (χ4v) is 3.78. The SMILES string of the molecule is CCOCC(C)(OCC)N1C(=O)N(c2ccccc2Cl)Cc2cnc(NC(C)CO)nc21. The highest BCUT2D eigenvalue weighted by Gasteiger charge is 2.45. The van der Waals surface area contributed by atoms with Crippen LogP contribution in [0.4, 0.5) is 22.2 Å². The van der Waals surface area contributed by atoms with E-state index in [1.807, 2.05) is 32.9 Å². The molecule has 0 saturated carbocycles. The van der Waals surface area contributed by atoms with Crippen molar-refractivity contribution in [3.8, 4) is 0 Å². The molecule has 2 aromatic rings.